The highest BCUT2D eigenvalue weighted by molar-refractivity contribution is 7.89. The lowest BCUT2D eigenvalue weighted by molar-refractivity contribution is 0.303. The molecule has 1 heterocycles. The van der Waals surface area contributed by atoms with Crippen LogP contribution in [0.15, 0.2) is 23.1 Å². The molecule has 0 spiro atoms. The molecule has 0 amide bonds. The van der Waals surface area contributed by atoms with Crippen LogP contribution in [0.5, 0.6) is 5.75 Å². The lowest BCUT2D eigenvalue weighted by Crippen LogP contribution is -2.43. The van der Waals surface area contributed by atoms with Gasteiger partial charge in [0.1, 0.15) is 16.5 Å². The van der Waals surface area contributed by atoms with Crippen LogP contribution >= 0.6 is 0 Å². The predicted octanol–water partition coefficient (Wildman–Crippen LogP) is 0.604. The molecule has 0 radical (unpaired) electrons. The number of nitrogens with one attached hydrogen (secondary N) is 1. The zero-order valence-corrected chi connectivity index (χ0v) is 14.7. The van der Waals surface area contributed by atoms with Crippen molar-refractivity contribution in [3.8, 4) is 5.75 Å². The smallest absolute Gasteiger partial charge is 0.244 e. The van der Waals surface area contributed by atoms with Crippen molar-refractivity contribution in [2.75, 3.05) is 47.9 Å². The summed E-state index contributed by atoms with van der Waals surface area (Å²) < 4.78 is 46.6. The van der Waals surface area contributed by atoms with Gasteiger partial charge >= 0.3 is 0 Å². The number of likely N-dealkylation sites (N-methyl/N-ethyl adjacent to an activating group) is 1. The van der Waals surface area contributed by atoms with E-state index in [0.29, 0.717) is 6.54 Å². The average Bonchev–Trinajstić information content (AvgIpc) is 2.77. The maximum Gasteiger partial charge on any atom is 0.244 e. The predicted molar refractivity (Wildman–Crippen MR) is 86.6 cm³/mol. The summed E-state index contributed by atoms with van der Waals surface area (Å²) in [4.78, 5) is 3.95. The summed E-state index contributed by atoms with van der Waals surface area (Å²) in [6, 6.07) is 3.26. The van der Waals surface area contributed by atoms with Crippen LogP contribution in [0.25, 0.3) is 0 Å². The second-order valence-corrected chi connectivity index (χ2v) is 7.95. The topological polar surface area (TPSA) is 61.9 Å². The van der Waals surface area contributed by atoms with Crippen molar-refractivity contribution in [1.29, 1.82) is 0 Å². The van der Waals surface area contributed by atoms with Crippen molar-refractivity contribution in [3.05, 3.63) is 24.0 Å². The van der Waals surface area contributed by atoms with E-state index < -0.39 is 15.8 Å². The Hall–Kier alpha value is -1.22. The van der Waals surface area contributed by atoms with Crippen LogP contribution in [0.4, 0.5) is 4.39 Å². The normalized spacial score (nSPS) is 22.7. The molecule has 0 bridgehead atoms. The number of likely N-dealkylation sites (tertiary alicyclic amines) is 1. The van der Waals surface area contributed by atoms with Gasteiger partial charge in [-0.25, -0.2) is 17.5 Å². The first-order chi connectivity index (χ1) is 10.7. The van der Waals surface area contributed by atoms with Crippen molar-refractivity contribution < 1.29 is 17.5 Å². The van der Waals surface area contributed by atoms with Crippen molar-refractivity contribution in [1.82, 2.24) is 14.5 Å². The minimum atomic E-state index is -3.86. The highest BCUT2D eigenvalue weighted by atomic mass is 32.2. The Morgan fingerprint density at radius 1 is 1.39 bits per heavy atom. The summed E-state index contributed by atoms with van der Waals surface area (Å²) in [6.45, 7) is 2.21. The summed E-state index contributed by atoms with van der Waals surface area (Å²) in [6.07, 6.45) is 0. The van der Waals surface area contributed by atoms with Crippen LogP contribution in [-0.4, -0.2) is 72.1 Å². The summed E-state index contributed by atoms with van der Waals surface area (Å²) in [5.41, 5.74) is 0. The average molecular weight is 345 g/mol. The van der Waals surface area contributed by atoms with Gasteiger partial charge in [-0.1, -0.05) is 0 Å². The number of sulfonamides is 1. The SMILES string of the molecule is COc1ccc(F)cc1S(=O)(=O)N[C@@H]1CN(C)C[C@H]1CN(C)C. The molecular formula is C15H24FN3O3S. The van der Waals surface area contributed by atoms with Crippen molar-refractivity contribution >= 4 is 10.0 Å². The van der Waals surface area contributed by atoms with Crippen molar-refractivity contribution in [2.45, 2.75) is 10.9 Å². The molecule has 0 saturated carbocycles. The Kier molecular flexibility index (Phi) is 5.61. The summed E-state index contributed by atoms with van der Waals surface area (Å²) in [7, 11) is 3.38. The van der Waals surface area contributed by atoms with Crippen LogP contribution in [0, 0.1) is 11.7 Å². The molecule has 1 aromatic carbocycles. The van der Waals surface area contributed by atoms with Gasteiger partial charge in [-0.15, -0.1) is 0 Å². The first kappa shape index (κ1) is 18.1. The van der Waals surface area contributed by atoms with E-state index >= 15 is 0 Å². The van der Waals surface area contributed by atoms with E-state index in [1.807, 2.05) is 26.0 Å². The molecule has 130 valence electrons. The Bertz CT molecular complexity index is 651. The minimum Gasteiger partial charge on any atom is -0.495 e. The number of methoxy groups -OCH3 is 1. The number of hydrogen-bond acceptors (Lipinski definition) is 5. The maximum absolute atomic E-state index is 13.5. The number of ether oxygens (including phenoxy) is 1. The van der Waals surface area contributed by atoms with Gasteiger partial charge < -0.3 is 14.5 Å². The largest absolute Gasteiger partial charge is 0.495 e. The Morgan fingerprint density at radius 2 is 2.09 bits per heavy atom. The fourth-order valence-electron chi connectivity index (χ4n) is 3.00. The molecule has 0 unspecified atom stereocenters. The summed E-state index contributed by atoms with van der Waals surface area (Å²) in [5, 5.41) is 0. The lowest BCUT2D eigenvalue weighted by Gasteiger charge is -2.23. The minimum absolute atomic E-state index is 0.134. The first-order valence-electron chi connectivity index (χ1n) is 7.42. The van der Waals surface area contributed by atoms with E-state index in [-0.39, 0.29) is 22.6 Å². The standard InChI is InChI=1S/C15H24FN3O3S/c1-18(2)8-11-9-19(3)10-13(11)17-23(20,21)15-7-12(16)5-6-14(15)22-4/h5-7,11,13,17H,8-10H2,1-4H3/t11-,13-/m1/s1. The molecule has 23 heavy (non-hydrogen) atoms. The molecule has 1 fully saturated rings. The van der Waals surface area contributed by atoms with Crippen molar-refractivity contribution in [2.24, 2.45) is 5.92 Å². The second-order valence-electron chi connectivity index (χ2n) is 6.27. The van der Waals surface area contributed by atoms with E-state index in [2.05, 4.69) is 9.62 Å². The van der Waals surface area contributed by atoms with E-state index in [1.54, 1.807) is 0 Å². The van der Waals surface area contributed by atoms with Gasteiger partial charge in [0.2, 0.25) is 10.0 Å². The van der Waals surface area contributed by atoms with Crippen LogP contribution < -0.4 is 9.46 Å². The second kappa shape index (κ2) is 7.12. The summed E-state index contributed by atoms with van der Waals surface area (Å²) in [5.74, 6) is -0.307. The number of hydrogen-bond donors (Lipinski definition) is 1. The van der Waals surface area contributed by atoms with Gasteiger partial charge in [0.25, 0.3) is 0 Å². The molecule has 2 atom stereocenters. The molecule has 0 aliphatic carbocycles. The third kappa shape index (κ3) is 4.41. The maximum atomic E-state index is 13.5. The third-order valence-electron chi connectivity index (χ3n) is 3.94. The van der Waals surface area contributed by atoms with Gasteiger partial charge in [-0.2, -0.15) is 0 Å². The molecule has 6 nitrogen and oxygen atoms in total. The Balaban J connectivity index is 2.25. The first-order valence-corrected chi connectivity index (χ1v) is 8.90. The molecule has 1 N–H and O–H groups in total. The number of benzene rings is 1. The highest BCUT2D eigenvalue weighted by Crippen LogP contribution is 2.26. The molecule has 8 heteroatoms. The zero-order valence-electron chi connectivity index (χ0n) is 13.9. The fourth-order valence-corrected chi connectivity index (χ4v) is 4.47. The van der Waals surface area contributed by atoms with Gasteiger partial charge in [-0.05, 0) is 39.3 Å². The zero-order chi connectivity index (χ0) is 17.2. The number of halogens is 1. The van der Waals surface area contributed by atoms with Gasteiger partial charge in [0.15, 0.2) is 0 Å². The van der Waals surface area contributed by atoms with Crippen LogP contribution in [0.2, 0.25) is 0 Å². The molecule has 2 rings (SSSR count). The third-order valence-corrected chi connectivity index (χ3v) is 5.46. The Labute approximate surface area is 137 Å². The molecule has 1 saturated heterocycles. The van der Waals surface area contributed by atoms with E-state index in [1.165, 1.54) is 19.2 Å². The molecule has 1 aromatic rings. The molecule has 1 aliphatic rings. The fraction of sp³-hybridized carbons (Fsp3) is 0.600. The van der Waals surface area contributed by atoms with Crippen LogP contribution in [0.3, 0.4) is 0 Å². The molecule has 1 aliphatic heterocycles. The van der Waals surface area contributed by atoms with Gasteiger partial charge in [0.05, 0.1) is 7.11 Å². The Morgan fingerprint density at radius 3 is 2.70 bits per heavy atom. The quantitative estimate of drug-likeness (QED) is 0.818. The van der Waals surface area contributed by atoms with E-state index in [4.69, 9.17) is 4.74 Å². The summed E-state index contributed by atoms with van der Waals surface area (Å²) >= 11 is 0. The van der Waals surface area contributed by atoms with E-state index in [9.17, 15) is 12.8 Å². The van der Waals surface area contributed by atoms with Crippen LogP contribution in [-0.2, 0) is 10.0 Å². The molecule has 0 aromatic heterocycles. The lowest BCUT2D eigenvalue weighted by atomic mass is 10.0. The monoisotopic (exact) mass is 345 g/mol. The van der Waals surface area contributed by atoms with Gasteiger partial charge in [-0.3, -0.25) is 0 Å². The number of nitrogens with zero attached hydrogens (tertiary/aromatic N) is 2. The van der Waals surface area contributed by atoms with Gasteiger partial charge in [0, 0.05) is 31.6 Å². The van der Waals surface area contributed by atoms with Crippen LogP contribution in [0.1, 0.15) is 0 Å². The van der Waals surface area contributed by atoms with E-state index in [0.717, 1.165) is 19.2 Å². The number of rotatable bonds is 6. The highest BCUT2D eigenvalue weighted by Gasteiger charge is 2.35. The molecular weight excluding hydrogens is 321 g/mol. The van der Waals surface area contributed by atoms with Crippen molar-refractivity contribution in [3.63, 3.8) is 0 Å².